The van der Waals surface area contributed by atoms with Crippen LogP contribution in [0.25, 0.3) is 6.08 Å². The molecule has 0 atom stereocenters. The number of anilines is 1. The smallest absolute Gasteiger partial charge is 0.339 e. The van der Waals surface area contributed by atoms with Crippen LogP contribution in [-0.2, 0) is 11.4 Å². The number of amides is 1. The van der Waals surface area contributed by atoms with E-state index in [1.54, 1.807) is 30.3 Å². The summed E-state index contributed by atoms with van der Waals surface area (Å²) in [6.45, 7) is 0.221. The molecular weight excluding hydrogens is 380 g/mol. The van der Waals surface area contributed by atoms with E-state index >= 15 is 0 Å². The summed E-state index contributed by atoms with van der Waals surface area (Å²) in [5.41, 5.74) is 1.66. The number of carboxylic acids is 1. The van der Waals surface area contributed by atoms with E-state index in [-0.39, 0.29) is 23.5 Å². The van der Waals surface area contributed by atoms with Crippen molar-refractivity contribution in [2.75, 3.05) is 5.32 Å². The van der Waals surface area contributed by atoms with E-state index in [1.807, 2.05) is 42.5 Å². The maximum atomic E-state index is 12.4. The van der Waals surface area contributed by atoms with Crippen LogP contribution in [0.4, 0.5) is 5.69 Å². The first kappa shape index (κ1) is 20.4. The van der Waals surface area contributed by atoms with Crippen LogP contribution in [0.2, 0.25) is 0 Å². The van der Waals surface area contributed by atoms with Gasteiger partial charge in [-0.15, -0.1) is 0 Å². The molecule has 6 nitrogen and oxygen atoms in total. The molecule has 3 rings (SSSR count). The maximum absolute atomic E-state index is 12.4. The predicted octanol–water partition coefficient (Wildman–Crippen LogP) is 4.51. The minimum atomic E-state index is -1.17. The number of ether oxygens (including phenoxy) is 1. The van der Waals surface area contributed by atoms with Gasteiger partial charge < -0.3 is 15.2 Å². The number of benzene rings is 3. The Balaban J connectivity index is 1.81. The van der Waals surface area contributed by atoms with Gasteiger partial charge >= 0.3 is 5.97 Å². The van der Waals surface area contributed by atoms with E-state index in [2.05, 4.69) is 5.32 Å². The van der Waals surface area contributed by atoms with Crippen LogP contribution < -0.4 is 10.1 Å². The molecule has 0 radical (unpaired) electrons. The molecule has 0 aliphatic heterocycles. The summed E-state index contributed by atoms with van der Waals surface area (Å²) < 4.78 is 5.65. The number of hydrogen-bond donors (Lipinski definition) is 2. The topological polar surface area (TPSA) is 99.4 Å². The number of hydrogen-bond acceptors (Lipinski definition) is 4. The summed E-state index contributed by atoms with van der Waals surface area (Å²) in [5, 5.41) is 21.5. The Bertz CT molecular complexity index is 1120. The van der Waals surface area contributed by atoms with Gasteiger partial charge in [-0.1, -0.05) is 54.6 Å². The van der Waals surface area contributed by atoms with Gasteiger partial charge in [0, 0.05) is 5.69 Å². The fraction of sp³-hybridized carbons (Fsp3) is 0.0417. The van der Waals surface area contributed by atoms with Crippen molar-refractivity contribution < 1.29 is 19.4 Å². The molecule has 0 saturated heterocycles. The first-order valence-corrected chi connectivity index (χ1v) is 9.09. The minimum absolute atomic E-state index is 0.0551. The summed E-state index contributed by atoms with van der Waals surface area (Å²) in [4.78, 5) is 24.0. The van der Waals surface area contributed by atoms with Crippen molar-refractivity contribution in [1.82, 2.24) is 0 Å². The van der Waals surface area contributed by atoms with Crippen molar-refractivity contribution in [3.63, 3.8) is 0 Å². The SMILES string of the molecule is N#C/C(=C/c1ccc(OCc2ccccc2)c(C(=O)O)c1)C(=O)Nc1ccccc1. The zero-order valence-corrected chi connectivity index (χ0v) is 15.9. The van der Waals surface area contributed by atoms with Gasteiger partial charge in [0.1, 0.15) is 29.6 Å². The van der Waals surface area contributed by atoms with Crippen molar-refractivity contribution in [3.8, 4) is 11.8 Å². The molecule has 30 heavy (non-hydrogen) atoms. The van der Waals surface area contributed by atoms with Gasteiger partial charge in [0.25, 0.3) is 5.91 Å². The van der Waals surface area contributed by atoms with Crippen molar-refractivity contribution >= 4 is 23.6 Å². The van der Waals surface area contributed by atoms with Gasteiger partial charge in [-0.25, -0.2) is 4.79 Å². The van der Waals surface area contributed by atoms with Crippen LogP contribution in [0, 0.1) is 11.3 Å². The van der Waals surface area contributed by atoms with Gasteiger partial charge in [-0.2, -0.15) is 5.26 Å². The zero-order valence-electron chi connectivity index (χ0n) is 15.9. The monoisotopic (exact) mass is 398 g/mol. The molecule has 3 aromatic rings. The first-order chi connectivity index (χ1) is 14.6. The number of nitriles is 1. The largest absolute Gasteiger partial charge is 0.488 e. The molecular formula is C24H18N2O4. The maximum Gasteiger partial charge on any atom is 0.339 e. The van der Waals surface area contributed by atoms with Gasteiger partial charge in [0.05, 0.1) is 0 Å². The third-order valence-electron chi connectivity index (χ3n) is 4.18. The Kier molecular flexibility index (Phi) is 6.59. The van der Waals surface area contributed by atoms with E-state index in [9.17, 15) is 20.0 Å². The fourth-order valence-electron chi connectivity index (χ4n) is 2.70. The van der Waals surface area contributed by atoms with Crippen molar-refractivity contribution in [3.05, 3.63) is 101 Å². The molecule has 0 fully saturated rings. The van der Waals surface area contributed by atoms with E-state index in [1.165, 1.54) is 18.2 Å². The average molecular weight is 398 g/mol. The van der Waals surface area contributed by atoms with Crippen molar-refractivity contribution in [1.29, 1.82) is 5.26 Å². The van der Waals surface area contributed by atoms with Crippen LogP contribution in [0.5, 0.6) is 5.75 Å². The Morgan fingerprint density at radius 1 is 1.00 bits per heavy atom. The number of carboxylic acid groups (broad SMARTS) is 1. The number of para-hydroxylation sites is 1. The summed E-state index contributed by atoms with van der Waals surface area (Å²) in [7, 11) is 0. The molecule has 0 heterocycles. The van der Waals surface area contributed by atoms with Crippen molar-refractivity contribution in [2.24, 2.45) is 0 Å². The molecule has 0 aromatic heterocycles. The third kappa shape index (κ3) is 5.33. The van der Waals surface area contributed by atoms with E-state index < -0.39 is 11.9 Å². The van der Waals surface area contributed by atoms with E-state index in [4.69, 9.17) is 4.74 Å². The third-order valence-corrected chi connectivity index (χ3v) is 4.18. The molecule has 0 aliphatic carbocycles. The van der Waals surface area contributed by atoms with Gasteiger partial charge in [0.15, 0.2) is 0 Å². The molecule has 0 bridgehead atoms. The highest BCUT2D eigenvalue weighted by molar-refractivity contribution is 6.09. The van der Waals surface area contributed by atoms with Gasteiger partial charge in [-0.3, -0.25) is 4.79 Å². The molecule has 6 heteroatoms. The normalized spacial score (nSPS) is 10.7. The number of carbonyl (C=O) groups is 2. The summed E-state index contributed by atoms with van der Waals surface area (Å²) in [6, 6.07) is 24.5. The lowest BCUT2D eigenvalue weighted by Gasteiger charge is -2.10. The quantitative estimate of drug-likeness (QED) is 0.451. The lowest BCUT2D eigenvalue weighted by Crippen LogP contribution is -2.13. The summed E-state index contributed by atoms with van der Waals surface area (Å²) >= 11 is 0. The number of nitrogens with one attached hydrogen (secondary N) is 1. The highest BCUT2D eigenvalue weighted by Gasteiger charge is 2.14. The Labute approximate surface area is 173 Å². The standard InChI is InChI=1S/C24H18N2O4/c25-15-19(23(27)26-20-9-5-2-6-10-20)13-18-11-12-22(21(14-18)24(28)29)30-16-17-7-3-1-4-8-17/h1-14H,16H2,(H,26,27)(H,28,29)/b19-13-. The van der Waals surface area contributed by atoms with Crippen LogP contribution in [-0.4, -0.2) is 17.0 Å². The van der Waals surface area contributed by atoms with Gasteiger partial charge in [0.2, 0.25) is 0 Å². The average Bonchev–Trinajstić information content (AvgIpc) is 2.77. The molecule has 0 saturated carbocycles. The molecule has 0 aliphatic rings. The molecule has 3 aromatic carbocycles. The highest BCUT2D eigenvalue weighted by Crippen LogP contribution is 2.23. The van der Waals surface area contributed by atoms with Crippen LogP contribution in [0.3, 0.4) is 0 Å². The fourth-order valence-corrected chi connectivity index (χ4v) is 2.70. The number of rotatable bonds is 7. The van der Waals surface area contributed by atoms with Crippen LogP contribution >= 0.6 is 0 Å². The molecule has 1 amide bonds. The lowest BCUT2D eigenvalue weighted by atomic mass is 10.1. The molecule has 2 N–H and O–H groups in total. The van der Waals surface area contributed by atoms with Crippen LogP contribution in [0.15, 0.2) is 84.4 Å². The molecule has 0 unspecified atom stereocenters. The number of nitrogens with zero attached hydrogens (tertiary/aromatic N) is 1. The Morgan fingerprint density at radius 2 is 1.67 bits per heavy atom. The van der Waals surface area contributed by atoms with Crippen molar-refractivity contribution in [2.45, 2.75) is 6.61 Å². The van der Waals surface area contributed by atoms with E-state index in [0.29, 0.717) is 11.3 Å². The Hall–Kier alpha value is -4.37. The number of aromatic carboxylic acids is 1. The number of carbonyl (C=O) groups excluding carboxylic acids is 1. The Morgan fingerprint density at radius 3 is 2.30 bits per heavy atom. The van der Waals surface area contributed by atoms with Crippen LogP contribution in [0.1, 0.15) is 21.5 Å². The van der Waals surface area contributed by atoms with Gasteiger partial charge in [-0.05, 0) is 41.5 Å². The van der Waals surface area contributed by atoms with E-state index in [0.717, 1.165) is 5.56 Å². The predicted molar refractivity (Wildman–Crippen MR) is 113 cm³/mol. The molecule has 148 valence electrons. The summed E-state index contributed by atoms with van der Waals surface area (Å²) in [6.07, 6.45) is 1.34. The second kappa shape index (κ2) is 9.71. The lowest BCUT2D eigenvalue weighted by molar-refractivity contribution is -0.112. The zero-order chi connectivity index (χ0) is 21.3. The highest BCUT2D eigenvalue weighted by atomic mass is 16.5. The second-order valence-electron chi connectivity index (χ2n) is 6.32. The molecule has 0 spiro atoms. The summed E-state index contributed by atoms with van der Waals surface area (Å²) in [5.74, 6) is -1.54. The minimum Gasteiger partial charge on any atom is -0.488 e. The second-order valence-corrected chi connectivity index (χ2v) is 6.32. The first-order valence-electron chi connectivity index (χ1n) is 9.09.